The number of ether oxygens (including phenoxy) is 3. The van der Waals surface area contributed by atoms with Crippen molar-refractivity contribution in [2.45, 2.75) is 26.7 Å². The van der Waals surface area contributed by atoms with Crippen molar-refractivity contribution in [3.05, 3.63) is 40.1 Å². The normalized spacial score (nSPS) is 13.4. The highest BCUT2D eigenvalue weighted by Crippen LogP contribution is 2.43. The second kappa shape index (κ2) is 7.75. The van der Waals surface area contributed by atoms with Crippen molar-refractivity contribution in [3.63, 3.8) is 0 Å². The molecule has 1 aromatic heterocycles. The molecule has 0 amide bonds. The van der Waals surface area contributed by atoms with Crippen LogP contribution in [0.2, 0.25) is 0 Å². The van der Waals surface area contributed by atoms with Gasteiger partial charge in [-0.05, 0) is 49.9 Å². The molecule has 0 aliphatic carbocycles. The molecule has 0 N–H and O–H groups in total. The molecule has 0 unspecified atom stereocenters. The van der Waals surface area contributed by atoms with E-state index in [1.54, 1.807) is 21.3 Å². The van der Waals surface area contributed by atoms with Crippen molar-refractivity contribution in [1.29, 1.82) is 5.26 Å². The first kappa shape index (κ1) is 18.8. The minimum atomic E-state index is 0.620. The van der Waals surface area contributed by atoms with Gasteiger partial charge in [-0.15, -0.1) is 0 Å². The van der Waals surface area contributed by atoms with Gasteiger partial charge in [0.1, 0.15) is 11.9 Å². The number of hydrogen-bond acceptors (Lipinski definition) is 6. The summed E-state index contributed by atoms with van der Waals surface area (Å²) >= 11 is 0. The molecule has 0 saturated heterocycles. The Labute approximate surface area is 160 Å². The van der Waals surface area contributed by atoms with E-state index in [1.165, 1.54) is 5.56 Å². The quantitative estimate of drug-likeness (QED) is 0.827. The zero-order valence-electron chi connectivity index (χ0n) is 16.5. The predicted molar refractivity (Wildman–Crippen MR) is 104 cm³/mol. The molecule has 0 spiro atoms. The Balaban J connectivity index is 2.02. The van der Waals surface area contributed by atoms with Crippen molar-refractivity contribution in [2.75, 3.05) is 39.3 Å². The summed E-state index contributed by atoms with van der Waals surface area (Å²) in [6.45, 7) is 5.45. The zero-order valence-corrected chi connectivity index (χ0v) is 16.5. The van der Waals surface area contributed by atoms with Crippen molar-refractivity contribution < 1.29 is 14.2 Å². The molecule has 0 atom stereocenters. The van der Waals surface area contributed by atoms with E-state index in [2.05, 4.69) is 16.0 Å². The highest BCUT2D eigenvalue weighted by atomic mass is 16.5. The van der Waals surface area contributed by atoms with Gasteiger partial charge in [0.25, 0.3) is 0 Å². The number of aryl methyl sites for hydroxylation is 2. The van der Waals surface area contributed by atoms with Crippen LogP contribution in [0.3, 0.4) is 0 Å². The summed E-state index contributed by atoms with van der Waals surface area (Å²) in [5, 5.41) is 9.61. The molecular weight excluding hydrogens is 342 g/mol. The van der Waals surface area contributed by atoms with E-state index in [0.29, 0.717) is 17.1 Å². The third kappa shape index (κ3) is 3.37. The molecule has 0 radical (unpaired) electrons. The Morgan fingerprint density at radius 1 is 1.00 bits per heavy atom. The van der Waals surface area contributed by atoms with Gasteiger partial charge in [-0.25, -0.2) is 4.98 Å². The molecule has 6 heteroatoms. The Bertz CT molecular complexity index is 903. The van der Waals surface area contributed by atoms with E-state index in [0.717, 1.165) is 54.3 Å². The van der Waals surface area contributed by atoms with E-state index in [-0.39, 0.29) is 0 Å². The molecule has 3 rings (SSSR count). The number of anilines is 1. The Hall–Kier alpha value is -2.94. The third-order valence-electron chi connectivity index (χ3n) is 5.04. The van der Waals surface area contributed by atoms with Gasteiger partial charge < -0.3 is 19.1 Å². The number of nitrogens with zero attached hydrogens (tertiary/aromatic N) is 3. The van der Waals surface area contributed by atoms with Crippen molar-refractivity contribution in [2.24, 2.45) is 0 Å². The van der Waals surface area contributed by atoms with Crippen LogP contribution >= 0.6 is 0 Å². The lowest BCUT2D eigenvalue weighted by Gasteiger charge is -2.23. The summed E-state index contributed by atoms with van der Waals surface area (Å²) in [6.07, 6.45) is 1.59. The Morgan fingerprint density at radius 2 is 1.70 bits per heavy atom. The van der Waals surface area contributed by atoms with Crippen LogP contribution in [0, 0.1) is 25.2 Å². The van der Waals surface area contributed by atoms with Gasteiger partial charge >= 0.3 is 0 Å². The van der Waals surface area contributed by atoms with Crippen molar-refractivity contribution in [3.8, 4) is 23.3 Å². The Morgan fingerprint density at radius 3 is 2.33 bits per heavy atom. The molecular formula is C21H25N3O3. The highest BCUT2D eigenvalue weighted by Gasteiger charge is 2.25. The van der Waals surface area contributed by atoms with E-state index < -0.39 is 0 Å². The molecule has 142 valence electrons. The van der Waals surface area contributed by atoms with E-state index >= 15 is 0 Å². The summed E-state index contributed by atoms with van der Waals surface area (Å²) in [5.74, 6) is 2.78. The third-order valence-corrected chi connectivity index (χ3v) is 5.04. The zero-order chi connectivity index (χ0) is 19.6. The van der Waals surface area contributed by atoms with Crippen molar-refractivity contribution >= 4 is 5.82 Å². The van der Waals surface area contributed by atoms with Crippen LogP contribution in [0.15, 0.2) is 12.1 Å². The van der Waals surface area contributed by atoms with Gasteiger partial charge in [0.05, 0.1) is 26.9 Å². The number of fused-ring (bicyclic) bond motifs is 1. The summed E-state index contributed by atoms with van der Waals surface area (Å²) in [5.41, 5.74) is 4.83. The van der Waals surface area contributed by atoms with Crippen LogP contribution in [0.4, 0.5) is 5.82 Å². The molecule has 2 heterocycles. The average Bonchev–Trinajstić information content (AvgIpc) is 2.88. The van der Waals surface area contributed by atoms with Gasteiger partial charge in [-0.1, -0.05) is 0 Å². The molecule has 0 saturated carbocycles. The second-order valence-electron chi connectivity index (χ2n) is 6.66. The van der Waals surface area contributed by atoms with Gasteiger partial charge in [-0.3, -0.25) is 0 Å². The van der Waals surface area contributed by atoms with Gasteiger partial charge in [-0.2, -0.15) is 5.26 Å². The summed E-state index contributed by atoms with van der Waals surface area (Å²) < 4.78 is 16.7. The van der Waals surface area contributed by atoms with Crippen LogP contribution in [0.1, 0.15) is 27.9 Å². The van der Waals surface area contributed by atoms with Crippen molar-refractivity contribution in [1.82, 2.24) is 4.98 Å². The van der Waals surface area contributed by atoms with Crippen LogP contribution in [-0.2, 0) is 12.8 Å². The van der Waals surface area contributed by atoms with Gasteiger partial charge in [0.15, 0.2) is 11.5 Å². The van der Waals surface area contributed by atoms with Crippen LogP contribution in [0.25, 0.3) is 0 Å². The molecule has 0 bridgehead atoms. The number of hydrogen-bond donors (Lipinski definition) is 0. The smallest absolute Gasteiger partial charge is 0.203 e. The van der Waals surface area contributed by atoms with Gasteiger partial charge in [0, 0.05) is 24.3 Å². The number of methoxy groups -OCH3 is 3. The van der Waals surface area contributed by atoms with E-state index in [1.807, 2.05) is 26.0 Å². The van der Waals surface area contributed by atoms with Crippen LogP contribution in [0.5, 0.6) is 17.2 Å². The predicted octanol–water partition coefficient (Wildman–Crippen LogP) is 3.20. The summed E-state index contributed by atoms with van der Waals surface area (Å²) in [7, 11) is 4.90. The largest absolute Gasteiger partial charge is 0.493 e. The van der Waals surface area contributed by atoms with Crippen LogP contribution < -0.4 is 19.1 Å². The number of benzene rings is 1. The minimum Gasteiger partial charge on any atom is -0.493 e. The first-order valence-corrected chi connectivity index (χ1v) is 8.98. The average molecular weight is 367 g/mol. The van der Waals surface area contributed by atoms with E-state index in [4.69, 9.17) is 14.2 Å². The lowest BCUT2D eigenvalue weighted by molar-refractivity contribution is 0.321. The molecule has 2 aromatic rings. The highest BCUT2D eigenvalue weighted by molar-refractivity contribution is 5.62. The number of aromatic nitrogens is 1. The maximum absolute atomic E-state index is 9.61. The first-order valence-electron chi connectivity index (χ1n) is 8.98. The second-order valence-corrected chi connectivity index (χ2v) is 6.66. The number of nitriles is 1. The lowest BCUT2D eigenvalue weighted by atomic mass is 10.0. The topological polar surface area (TPSA) is 67.6 Å². The molecule has 27 heavy (non-hydrogen) atoms. The fourth-order valence-corrected chi connectivity index (χ4v) is 3.77. The maximum atomic E-state index is 9.61. The summed E-state index contributed by atoms with van der Waals surface area (Å²) in [4.78, 5) is 6.86. The first-order chi connectivity index (χ1) is 13.0. The van der Waals surface area contributed by atoms with Crippen LogP contribution in [-0.4, -0.2) is 39.4 Å². The fourth-order valence-electron chi connectivity index (χ4n) is 3.77. The molecule has 1 aliphatic heterocycles. The standard InChI is InChI=1S/C21H25N3O3/c1-13-10-14(2)23-21(17(13)12-22)24-8-6-15-11-18(25-3)20(27-5)19(26-4)16(15)7-9-24/h10-11H,6-9H2,1-5H3. The Kier molecular flexibility index (Phi) is 5.41. The SMILES string of the molecule is COc1cc2c(c(OC)c1OC)CCN(c1nc(C)cc(C)c1C#N)CC2. The minimum absolute atomic E-state index is 0.620. The monoisotopic (exact) mass is 367 g/mol. The van der Waals surface area contributed by atoms with Gasteiger partial charge in [0.2, 0.25) is 5.75 Å². The van der Waals surface area contributed by atoms with E-state index in [9.17, 15) is 5.26 Å². The number of rotatable bonds is 4. The molecule has 1 aliphatic rings. The lowest BCUT2D eigenvalue weighted by Crippen LogP contribution is -2.28. The summed E-state index contributed by atoms with van der Waals surface area (Å²) in [6, 6.07) is 6.30. The molecule has 0 fully saturated rings. The molecule has 6 nitrogen and oxygen atoms in total. The molecule has 1 aromatic carbocycles. The number of pyridine rings is 1. The fraction of sp³-hybridized carbons (Fsp3) is 0.429. The maximum Gasteiger partial charge on any atom is 0.203 e.